The Morgan fingerprint density at radius 3 is 2.79 bits per heavy atom. The van der Waals surface area contributed by atoms with Crippen molar-refractivity contribution in [1.29, 1.82) is 0 Å². The molecule has 0 spiro atoms. The topological polar surface area (TPSA) is 92.4 Å². The Labute approximate surface area is 138 Å². The standard InChI is InChI=1S/C17H17N5O2/c23-12-8-11(9-12)15(13-4-1-2-5-18-13)21-16(24)14-10-22-7-3-6-19-17(22)20-14/h1-7,10-12,15,23H,8-9H2,(H,21,24)/t11?,12?,15-/m0/s1. The lowest BCUT2D eigenvalue weighted by atomic mass is 9.76. The maximum atomic E-state index is 12.6. The van der Waals surface area contributed by atoms with Gasteiger partial charge in [0.25, 0.3) is 5.91 Å². The third-order valence-electron chi connectivity index (χ3n) is 4.38. The Hall–Kier alpha value is -2.80. The van der Waals surface area contributed by atoms with Crippen molar-refractivity contribution in [2.24, 2.45) is 5.92 Å². The smallest absolute Gasteiger partial charge is 0.272 e. The van der Waals surface area contributed by atoms with E-state index in [2.05, 4.69) is 20.3 Å². The van der Waals surface area contributed by atoms with Gasteiger partial charge in [-0.1, -0.05) is 6.07 Å². The van der Waals surface area contributed by atoms with Crippen molar-refractivity contribution < 1.29 is 9.90 Å². The maximum Gasteiger partial charge on any atom is 0.272 e. The summed E-state index contributed by atoms with van der Waals surface area (Å²) in [5, 5.41) is 12.6. The van der Waals surface area contributed by atoms with E-state index in [0.717, 1.165) is 5.69 Å². The third kappa shape index (κ3) is 2.74. The summed E-state index contributed by atoms with van der Waals surface area (Å²) in [7, 11) is 0. The van der Waals surface area contributed by atoms with E-state index >= 15 is 0 Å². The number of imidazole rings is 1. The van der Waals surface area contributed by atoms with Crippen LogP contribution in [0.15, 0.2) is 49.1 Å². The lowest BCUT2D eigenvalue weighted by Gasteiger charge is -2.37. The summed E-state index contributed by atoms with van der Waals surface area (Å²) in [6.45, 7) is 0. The van der Waals surface area contributed by atoms with Crippen LogP contribution in [0, 0.1) is 5.92 Å². The van der Waals surface area contributed by atoms with E-state index in [0.29, 0.717) is 24.3 Å². The zero-order valence-electron chi connectivity index (χ0n) is 12.9. The number of pyridine rings is 1. The van der Waals surface area contributed by atoms with Gasteiger partial charge in [-0.25, -0.2) is 9.97 Å². The summed E-state index contributed by atoms with van der Waals surface area (Å²) in [4.78, 5) is 25.3. The van der Waals surface area contributed by atoms with Crippen LogP contribution in [0.4, 0.5) is 0 Å². The number of aromatic nitrogens is 4. The summed E-state index contributed by atoms with van der Waals surface area (Å²) < 4.78 is 1.71. The van der Waals surface area contributed by atoms with Crippen molar-refractivity contribution in [2.75, 3.05) is 0 Å². The molecule has 3 heterocycles. The van der Waals surface area contributed by atoms with Gasteiger partial charge in [-0.2, -0.15) is 0 Å². The van der Waals surface area contributed by atoms with E-state index in [9.17, 15) is 9.90 Å². The molecule has 0 aromatic carbocycles. The van der Waals surface area contributed by atoms with E-state index in [1.807, 2.05) is 18.2 Å². The molecule has 0 bridgehead atoms. The average Bonchev–Trinajstić information content (AvgIpc) is 3.02. The Bertz CT molecular complexity index is 825. The van der Waals surface area contributed by atoms with Gasteiger partial charge in [0, 0.05) is 24.8 Å². The Kier molecular flexibility index (Phi) is 3.70. The molecule has 4 rings (SSSR count). The van der Waals surface area contributed by atoms with Gasteiger partial charge in [0.15, 0.2) is 0 Å². The average molecular weight is 323 g/mol. The molecule has 0 radical (unpaired) electrons. The zero-order chi connectivity index (χ0) is 16.5. The van der Waals surface area contributed by atoms with Crippen molar-refractivity contribution in [3.63, 3.8) is 0 Å². The molecule has 7 nitrogen and oxygen atoms in total. The van der Waals surface area contributed by atoms with Crippen molar-refractivity contribution in [2.45, 2.75) is 25.0 Å². The number of hydrogen-bond acceptors (Lipinski definition) is 5. The molecule has 1 fully saturated rings. The number of nitrogens with zero attached hydrogens (tertiary/aromatic N) is 4. The second-order valence-electron chi connectivity index (χ2n) is 6.04. The minimum atomic E-state index is -0.294. The predicted octanol–water partition coefficient (Wildman–Crippen LogP) is 1.37. The molecule has 0 aliphatic heterocycles. The highest BCUT2D eigenvalue weighted by atomic mass is 16.3. The van der Waals surface area contributed by atoms with Crippen LogP contribution in [0.3, 0.4) is 0 Å². The zero-order valence-corrected chi connectivity index (χ0v) is 12.9. The largest absolute Gasteiger partial charge is 0.393 e. The molecule has 122 valence electrons. The highest BCUT2D eigenvalue weighted by Gasteiger charge is 2.36. The number of aliphatic hydroxyl groups excluding tert-OH is 1. The number of carbonyl (C=O) groups excluding carboxylic acids is 1. The highest BCUT2D eigenvalue weighted by Crippen LogP contribution is 2.37. The molecular formula is C17H17N5O2. The Morgan fingerprint density at radius 1 is 1.25 bits per heavy atom. The molecule has 2 N–H and O–H groups in total. The number of rotatable bonds is 4. The van der Waals surface area contributed by atoms with Gasteiger partial charge in [0.2, 0.25) is 5.78 Å². The number of nitrogens with one attached hydrogen (secondary N) is 1. The van der Waals surface area contributed by atoms with Crippen molar-refractivity contribution >= 4 is 11.7 Å². The van der Waals surface area contributed by atoms with Gasteiger partial charge in [-0.05, 0) is 37.0 Å². The van der Waals surface area contributed by atoms with Gasteiger partial charge < -0.3 is 10.4 Å². The summed E-state index contributed by atoms with van der Waals surface area (Å²) >= 11 is 0. The molecule has 7 heteroatoms. The predicted molar refractivity (Wildman–Crippen MR) is 86.2 cm³/mol. The minimum Gasteiger partial charge on any atom is -0.393 e. The quantitative estimate of drug-likeness (QED) is 0.756. The van der Waals surface area contributed by atoms with Gasteiger partial charge in [0.1, 0.15) is 5.69 Å². The molecule has 1 atom stereocenters. The van der Waals surface area contributed by atoms with Crippen LogP contribution in [0.5, 0.6) is 0 Å². The summed E-state index contributed by atoms with van der Waals surface area (Å²) in [6, 6.07) is 7.17. The molecule has 3 aromatic rings. The highest BCUT2D eigenvalue weighted by molar-refractivity contribution is 5.93. The molecule has 3 aromatic heterocycles. The fraction of sp³-hybridized carbons (Fsp3) is 0.294. The number of amides is 1. The number of fused-ring (bicyclic) bond motifs is 1. The van der Waals surface area contributed by atoms with E-state index in [-0.39, 0.29) is 24.0 Å². The van der Waals surface area contributed by atoms with E-state index in [1.54, 1.807) is 35.3 Å². The molecule has 1 aliphatic carbocycles. The SMILES string of the molecule is O=C(N[C@H](c1ccccn1)C1CC(O)C1)c1cn2cccnc2n1. The van der Waals surface area contributed by atoms with Crippen LogP contribution < -0.4 is 5.32 Å². The normalized spacial score (nSPS) is 21.2. The number of hydrogen-bond donors (Lipinski definition) is 2. The number of carbonyl (C=O) groups is 1. The summed E-state index contributed by atoms with van der Waals surface area (Å²) in [5.74, 6) is 0.391. The van der Waals surface area contributed by atoms with Crippen molar-refractivity contribution in [3.05, 3.63) is 60.4 Å². The van der Waals surface area contributed by atoms with Crippen LogP contribution in [0.1, 0.15) is 35.1 Å². The van der Waals surface area contributed by atoms with Crippen LogP contribution >= 0.6 is 0 Å². The van der Waals surface area contributed by atoms with Gasteiger partial charge >= 0.3 is 0 Å². The van der Waals surface area contributed by atoms with Crippen molar-refractivity contribution in [3.8, 4) is 0 Å². The van der Waals surface area contributed by atoms with E-state index in [4.69, 9.17) is 0 Å². The molecule has 0 unspecified atom stereocenters. The second-order valence-corrected chi connectivity index (χ2v) is 6.04. The first kappa shape index (κ1) is 14.8. The van der Waals surface area contributed by atoms with Crippen LogP contribution in [0.25, 0.3) is 5.78 Å². The molecule has 1 amide bonds. The Morgan fingerprint density at radius 2 is 2.08 bits per heavy atom. The first-order chi connectivity index (χ1) is 11.7. The minimum absolute atomic E-state index is 0.175. The maximum absolute atomic E-state index is 12.6. The van der Waals surface area contributed by atoms with E-state index < -0.39 is 0 Å². The Balaban J connectivity index is 1.58. The third-order valence-corrected chi connectivity index (χ3v) is 4.38. The fourth-order valence-corrected chi connectivity index (χ4v) is 3.05. The van der Waals surface area contributed by atoms with E-state index in [1.165, 1.54) is 0 Å². The lowest BCUT2D eigenvalue weighted by Crippen LogP contribution is -2.41. The second kappa shape index (κ2) is 6.01. The first-order valence-electron chi connectivity index (χ1n) is 7.90. The molecular weight excluding hydrogens is 306 g/mol. The van der Waals surface area contributed by atoms with Crippen LogP contribution in [0.2, 0.25) is 0 Å². The van der Waals surface area contributed by atoms with Crippen LogP contribution in [-0.2, 0) is 0 Å². The van der Waals surface area contributed by atoms with Gasteiger partial charge in [-0.3, -0.25) is 14.2 Å². The van der Waals surface area contributed by atoms with Crippen molar-refractivity contribution in [1.82, 2.24) is 24.7 Å². The number of aliphatic hydroxyl groups is 1. The molecule has 24 heavy (non-hydrogen) atoms. The van der Waals surface area contributed by atoms with Gasteiger partial charge in [0.05, 0.1) is 17.8 Å². The summed E-state index contributed by atoms with van der Waals surface area (Å²) in [6.07, 6.45) is 7.82. The molecule has 1 aliphatic rings. The molecule has 0 saturated heterocycles. The fourth-order valence-electron chi connectivity index (χ4n) is 3.05. The van der Waals surface area contributed by atoms with Gasteiger partial charge in [-0.15, -0.1) is 0 Å². The molecule has 1 saturated carbocycles. The lowest BCUT2D eigenvalue weighted by molar-refractivity contribution is 0.0228. The summed E-state index contributed by atoms with van der Waals surface area (Å²) in [5.41, 5.74) is 1.11. The van der Waals surface area contributed by atoms with Crippen LogP contribution in [-0.4, -0.2) is 36.5 Å². The first-order valence-corrected chi connectivity index (χ1v) is 7.90. The monoisotopic (exact) mass is 323 g/mol.